The second-order valence-electron chi connectivity index (χ2n) is 5.25. The van der Waals surface area contributed by atoms with Gasteiger partial charge in [-0.1, -0.05) is 24.4 Å². The average Bonchev–Trinajstić information content (AvgIpc) is 2.77. The zero-order valence-electron chi connectivity index (χ0n) is 10.7. The van der Waals surface area contributed by atoms with Crippen LogP contribution in [0.15, 0.2) is 18.2 Å². The SMILES string of the molecule is O=S(=O)(Cl)CC1(COc2ccc(Cl)c(F)c2)CCCC1. The molecule has 0 heterocycles. The second kappa shape index (κ2) is 6.08. The van der Waals surface area contributed by atoms with E-state index in [-0.39, 0.29) is 17.4 Å². The van der Waals surface area contributed by atoms with Gasteiger partial charge in [-0.25, -0.2) is 12.8 Å². The molecule has 0 spiro atoms. The van der Waals surface area contributed by atoms with Crippen LogP contribution >= 0.6 is 22.3 Å². The van der Waals surface area contributed by atoms with Gasteiger partial charge in [-0.3, -0.25) is 0 Å². The first kappa shape index (κ1) is 15.9. The summed E-state index contributed by atoms with van der Waals surface area (Å²) in [6.07, 6.45) is 3.39. The molecule has 0 aromatic heterocycles. The molecule has 0 aliphatic heterocycles. The highest BCUT2D eigenvalue weighted by atomic mass is 35.7. The van der Waals surface area contributed by atoms with Gasteiger partial charge in [-0.15, -0.1) is 0 Å². The largest absolute Gasteiger partial charge is 0.493 e. The molecule has 1 aromatic carbocycles. The molecule has 0 unspecified atom stereocenters. The van der Waals surface area contributed by atoms with E-state index in [0.29, 0.717) is 5.75 Å². The molecule has 1 aliphatic carbocycles. The molecule has 20 heavy (non-hydrogen) atoms. The highest BCUT2D eigenvalue weighted by Crippen LogP contribution is 2.40. The number of hydrogen-bond acceptors (Lipinski definition) is 3. The summed E-state index contributed by atoms with van der Waals surface area (Å²) < 4.78 is 41.5. The molecule has 1 aliphatic rings. The molecule has 1 fully saturated rings. The lowest BCUT2D eigenvalue weighted by Gasteiger charge is -2.27. The molecule has 1 aromatic rings. The minimum absolute atomic E-state index is 0.0243. The molecule has 112 valence electrons. The van der Waals surface area contributed by atoms with Gasteiger partial charge in [0.15, 0.2) is 0 Å². The molecule has 7 heteroatoms. The standard InChI is InChI=1S/C13H15Cl2FO3S/c14-11-4-3-10(7-12(11)16)19-8-13(5-1-2-6-13)9-20(15,17)18/h3-4,7H,1-2,5-6,8-9H2. The Hall–Kier alpha value is -0.520. The van der Waals surface area contributed by atoms with Crippen LogP contribution in [0.3, 0.4) is 0 Å². The zero-order valence-corrected chi connectivity index (χ0v) is 13.1. The van der Waals surface area contributed by atoms with Crippen molar-refractivity contribution in [3.8, 4) is 5.75 Å². The fourth-order valence-electron chi connectivity index (χ4n) is 2.62. The molecule has 0 atom stereocenters. The van der Waals surface area contributed by atoms with Gasteiger partial charge in [0, 0.05) is 22.2 Å². The van der Waals surface area contributed by atoms with E-state index in [2.05, 4.69) is 0 Å². The van der Waals surface area contributed by atoms with Crippen LogP contribution in [0, 0.1) is 11.2 Å². The van der Waals surface area contributed by atoms with Gasteiger partial charge in [-0.05, 0) is 25.0 Å². The lowest BCUT2D eigenvalue weighted by Crippen LogP contribution is -2.32. The Morgan fingerprint density at radius 2 is 1.95 bits per heavy atom. The van der Waals surface area contributed by atoms with Crippen LogP contribution in [-0.4, -0.2) is 20.8 Å². The summed E-state index contributed by atoms with van der Waals surface area (Å²) in [6, 6.07) is 4.16. The van der Waals surface area contributed by atoms with Crippen LogP contribution < -0.4 is 4.74 Å². The van der Waals surface area contributed by atoms with Crippen molar-refractivity contribution in [1.82, 2.24) is 0 Å². The molecular formula is C13H15Cl2FO3S. The summed E-state index contributed by atoms with van der Waals surface area (Å²) in [5, 5.41) is 0.0243. The van der Waals surface area contributed by atoms with Crippen molar-refractivity contribution in [3.05, 3.63) is 29.0 Å². The maximum atomic E-state index is 13.3. The van der Waals surface area contributed by atoms with Gasteiger partial charge >= 0.3 is 0 Å². The molecule has 0 radical (unpaired) electrons. The normalized spacial score (nSPS) is 18.1. The monoisotopic (exact) mass is 340 g/mol. The van der Waals surface area contributed by atoms with Crippen LogP contribution in [-0.2, 0) is 9.05 Å². The van der Waals surface area contributed by atoms with E-state index in [1.54, 1.807) is 6.07 Å². The molecule has 0 bridgehead atoms. The van der Waals surface area contributed by atoms with Gasteiger partial charge in [0.2, 0.25) is 9.05 Å². The van der Waals surface area contributed by atoms with E-state index in [9.17, 15) is 12.8 Å². The molecule has 0 amide bonds. The predicted molar refractivity (Wildman–Crippen MR) is 77.4 cm³/mol. The predicted octanol–water partition coefficient (Wildman–Crippen LogP) is 3.99. The van der Waals surface area contributed by atoms with E-state index in [0.717, 1.165) is 25.7 Å². The lowest BCUT2D eigenvalue weighted by molar-refractivity contribution is 0.170. The van der Waals surface area contributed by atoms with Gasteiger partial charge in [0.1, 0.15) is 11.6 Å². The quantitative estimate of drug-likeness (QED) is 0.761. The Balaban J connectivity index is 2.07. The first-order chi connectivity index (χ1) is 9.30. The maximum Gasteiger partial charge on any atom is 0.233 e. The van der Waals surface area contributed by atoms with Crippen molar-refractivity contribution in [1.29, 1.82) is 0 Å². The molecular weight excluding hydrogens is 326 g/mol. The molecule has 0 saturated heterocycles. The Morgan fingerprint density at radius 1 is 1.30 bits per heavy atom. The summed E-state index contributed by atoms with van der Waals surface area (Å²) in [4.78, 5) is 0. The first-order valence-corrected chi connectivity index (χ1v) is 9.16. The third-order valence-electron chi connectivity index (χ3n) is 3.58. The Labute approximate surface area is 127 Å². The van der Waals surface area contributed by atoms with Crippen LogP contribution in [0.4, 0.5) is 4.39 Å². The van der Waals surface area contributed by atoms with Crippen LogP contribution in [0.25, 0.3) is 0 Å². The Bertz CT molecular complexity index is 583. The summed E-state index contributed by atoms with van der Waals surface area (Å²) in [5.41, 5.74) is -0.476. The molecule has 0 N–H and O–H groups in total. The molecule has 2 rings (SSSR count). The van der Waals surface area contributed by atoms with E-state index in [4.69, 9.17) is 27.0 Å². The smallest absolute Gasteiger partial charge is 0.233 e. The summed E-state index contributed by atoms with van der Waals surface area (Å²) >= 11 is 5.60. The summed E-state index contributed by atoms with van der Waals surface area (Å²) in [5.74, 6) is -0.336. The second-order valence-corrected chi connectivity index (χ2v) is 8.44. The van der Waals surface area contributed by atoms with Crippen LogP contribution in [0.5, 0.6) is 5.75 Å². The minimum Gasteiger partial charge on any atom is -0.493 e. The zero-order chi connectivity index (χ0) is 14.8. The minimum atomic E-state index is -3.59. The van der Waals surface area contributed by atoms with E-state index in [1.807, 2.05) is 0 Å². The average molecular weight is 341 g/mol. The third-order valence-corrected chi connectivity index (χ3v) is 5.17. The molecule has 3 nitrogen and oxygen atoms in total. The number of halogens is 3. The van der Waals surface area contributed by atoms with Crippen molar-refractivity contribution in [3.63, 3.8) is 0 Å². The highest BCUT2D eigenvalue weighted by molar-refractivity contribution is 8.13. The number of ether oxygens (including phenoxy) is 1. The van der Waals surface area contributed by atoms with Crippen LogP contribution in [0.1, 0.15) is 25.7 Å². The van der Waals surface area contributed by atoms with Gasteiger partial charge in [-0.2, -0.15) is 0 Å². The van der Waals surface area contributed by atoms with E-state index in [1.165, 1.54) is 12.1 Å². The lowest BCUT2D eigenvalue weighted by atomic mass is 9.90. The van der Waals surface area contributed by atoms with Crippen molar-refractivity contribution in [2.75, 3.05) is 12.4 Å². The van der Waals surface area contributed by atoms with E-state index >= 15 is 0 Å². The van der Waals surface area contributed by atoms with Gasteiger partial charge in [0.25, 0.3) is 0 Å². The Morgan fingerprint density at radius 3 is 2.50 bits per heavy atom. The Kier molecular flexibility index (Phi) is 4.82. The van der Waals surface area contributed by atoms with Crippen molar-refractivity contribution >= 4 is 31.3 Å². The summed E-state index contributed by atoms with van der Waals surface area (Å²) in [7, 11) is 1.78. The van der Waals surface area contributed by atoms with Crippen LogP contribution in [0.2, 0.25) is 5.02 Å². The van der Waals surface area contributed by atoms with Crippen molar-refractivity contribution in [2.24, 2.45) is 5.41 Å². The third kappa shape index (κ3) is 4.24. The van der Waals surface area contributed by atoms with Crippen molar-refractivity contribution < 1.29 is 17.5 Å². The maximum absolute atomic E-state index is 13.3. The number of benzene rings is 1. The van der Waals surface area contributed by atoms with Gasteiger partial charge in [0.05, 0.1) is 17.4 Å². The topological polar surface area (TPSA) is 43.4 Å². The molecule has 1 saturated carbocycles. The fraction of sp³-hybridized carbons (Fsp3) is 0.538. The van der Waals surface area contributed by atoms with Gasteiger partial charge < -0.3 is 4.74 Å². The first-order valence-electron chi connectivity index (χ1n) is 6.30. The highest BCUT2D eigenvalue weighted by Gasteiger charge is 2.38. The fourth-order valence-corrected chi connectivity index (χ4v) is 4.54. The van der Waals surface area contributed by atoms with Crippen molar-refractivity contribution in [2.45, 2.75) is 25.7 Å². The van der Waals surface area contributed by atoms with E-state index < -0.39 is 20.3 Å². The number of hydrogen-bond donors (Lipinski definition) is 0. The number of rotatable bonds is 5. The summed E-state index contributed by atoms with van der Waals surface area (Å²) in [6.45, 7) is 0.208.